The molecule has 4 rings (SSSR count). The lowest BCUT2D eigenvalue weighted by Crippen LogP contribution is -2.46. The van der Waals surface area contributed by atoms with Crippen molar-refractivity contribution in [2.75, 3.05) is 39.5 Å². The van der Waals surface area contributed by atoms with Gasteiger partial charge >= 0.3 is 12.1 Å². The van der Waals surface area contributed by atoms with Gasteiger partial charge in [0.25, 0.3) is 0 Å². The van der Waals surface area contributed by atoms with Crippen molar-refractivity contribution in [1.29, 1.82) is 0 Å². The average molecular weight is 702 g/mol. The normalized spacial score (nSPS) is 11.7. The minimum atomic E-state index is -1.45. The number of halogens is 1. The summed E-state index contributed by atoms with van der Waals surface area (Å²) in [6.45, 7) is 1.77. The van der Waals surface area contributed by atoms with Gasteiger partial charge in [-0.2, -0.15) is 0 Å². The molecule has 0 aliphatic rings. The van der Waals surface area contributed by atoms with Crippen LogP contribution in [0.5, 0.6) is 0 Å². The summed E-state index contributed by atoms with van der Waals surface area (Å²) in [6, 6.07) is 34.1. The number of carbonyl (C=O) groups is 3. The van der Waals surface area contributed by atoms with E-state index in [1.54, 1.807) is 6.07 Å². The molecule has 0 aliphatic carbocycles. The Morgan fingerprint density at radius 1 is 0.740 bits per heavy atom. The molecule has 264 valence electrons. The predicted molar refractivity (Wildman–Crippen MR) is 191 cm³/mol. The van der Waals surface area contributed by atoms with Gasteiger partial charge in [-0.15, -0.1) is 0 Å². The minimum absolute atomic E-state index is 0.0271. The van der Waals surface area contributed by atoms with E-state index in [2.05, 4.69) is 10.6 Å². The van der Waals surface area contributed by atoms with Crippen LogP contribution in [0.3, 0.4) is 0 Å². The van der Waals surface area contributed by atoms with Crippen LogP contribution >= 0.6 is 11.6 Å². The highest BCUT2D eigenvalue weighted by Gasteiger charge is 2.43. The van der Waals surface area contributed by atoms with E-state index in [4.69, 9.17) is 36.3 Å². The smallest absolute Gasteiger partial charge is 0.408 e. The molecule has 0 aliphatic heterocycles. The zero-order chi connectivity index (χ0) is 35.4. The van der Waals surface area contributed by atoms with Crippen LogP contribution in [0.2, 0.25) is 5.02 Å². The van der Waals surface area contributed by atoms with Gasteiger partial charge in [-0.3, -0.25) is 4.79 Å². The van der Waals surface area contributed by atoms with E-state index in [0.717, 1.165) is 5.56 Å². The van der Waals surface area contributed by atoms with Crippen molar-refractivity contribution >= 4 is 29.6 Å². The molecule has 0 bridgehead atoms. The van der Waals surface area contributed by atoms with Crippen LogP contribution in [0.4, 0.5) is 4.79 Å². The summed E-state index contributed by atoms with van der Waals surface area (Å²) < 4.78 is 22.6. The number of carbonyl (C=O) groups excluding carboxylic acids is 3. The van der Waals surface area contributed by atoms with Crippen molar-refractivity contribution in [3.05, 3.63) is 143 Å². The molecule has 1 atom stereocenters. The van der Waals surface area contributed by atoms with E-state index < -0.39 is 23.7 Å². The first kappa shape index (κ1) is 38.1. The Morgan fingerprint density at radius 2 is 1.34 bits per heavy atom. The Balaban J connectivity index is 1.51. The molecule has 4 N–H and O–H groups in total. The Morgan fingerprint density at radius 3 is 1.98 bits per heavy atom. The van der Waals surface area contributed by atoms with Gasteiger partial charge in [-0.25, -0.2) is 9.59 Å². The molecule has 0 aromatic heterocycles. The van der Waals surface area contributed by atoms with E-state index in [1.807, 2.05) is 109 Å². The van der Waals surface area contributed by atoms with Gasteiger partial charge in [0.1, 0.15) is 19.3 Å². The molecule has 4 aromatic carbocycles. The average Bonchev–Trinajstić information content (AvgIpc) is 3.15. The van der Waals surface area contributed by atoms with Gasteiger partial charge < -0.3 is 35.3 Å². The first-order valence-electron chi connectivity index (χ1n) is 16.6. The molecule has 2 amide bonds. The zero-order valence-corrected chi connectivity index (χ0v) is 28.7. The van der Waals surface area contributed by atoms with Gasteiger partial charge in [-0.1, -0.05) is 121 Å². The molecule has 4 aromatic rings. The number of ether oxygens (including phenoxy) is 4. The van der Waals surface area contributed by atoms with Crippen molar-refractivity contribution in [2.24, 2.45) is 5.73 Å². The molecule has 0 spiro atoms. The van der Waals surface area contributed by atoms with Gasteiger partial charge in [-0.05, 0) is 30.9 Å². The highest BCUT2D eigenvalue weighted by Crippen LogP contribution is 2.43. The highest BCUT2D eigenvalue weighted by atomic mass is 35.5. The van der Waals surface area contributed by atoms with Crippen LogP contribution in [0.25, 0.3) is 0 Å². The van der Waals surface area contributed by atoms with Crippen molar-refractivity contribution < 1.29 is 33.3 Å². The van der Waals surface area contributed by atoms with Crippen LogP contribution in [-0.4, -0.2) is 63.5 Å². The van der Waals surface area contributed by atoms with E-state index in [0.29, 0.717) is 60.9 Å². The van der Waals surface area contributed by atoms with Crippen molar-refractivity contribution in [2.45, 2.75) is 37.5 Å². The number of nitrogens with one attached hydrogen (secondary N) is 2. The van der Waals surface area contributed by atoms with E-state index in [-0.39, 0.29) is 32.1 Å². The maximum atomic E-state index is 14.3. The van der Waals surface area contributed by atoms with Crippen LogP contribution in [-0.2, 0) is 40.7 Å². The first-order valence-corrected chi connectivity index (χ1v) is 17.0. The van der Waals surface area contributed by atoms with Gasteiger partial charge in [0.2, 0.25) is 5.91 Å². The van der Waals surface area contributed by atoms with Gasteiger partial charge in [0, 0.05) is 34.8 Å². The number of nitrogens with two attached hydrogens (primary N) is 1. The van der Waals surface area contributed by atoms with Crippen LogP contribution in [0.1, 0.15) is 41.5 Å². The third-order valence-corrected chi connectivity index (χ3v) is 8.10. The number of alkyl carbamates (subject to hydrolysis) is 1. The third-order valence-electron chi connectivity index (χ3n) is 7.77. The van der Waals surface area contributed by atoms with Crippen LogP contribution < -0.4 is 16.4 Å². The molecule has 0 heterocycles. The van der Waals surface area contributed by atoms with Gasteiger partial charge in [0.15, 0.2) is 5.60 Å². The summed E-state index contributed by atoms with van der Waals surface area (Å²) >= 11 is 6.82. The summed E-state index contributed by atoms with van der Waals surface area (Å²) in [7, 11) is 0. The zero-order valence-electron chi connectivity index (χ0n) is 27.9. The molecular formula is C39H44ClN3O7. The number of hydrogen-bond acceptors (Lipinski definition) is 8. The second-order valence-corrected chi connectivity index (χ2v) is 11.8. The Bertz CT molecular complexity index is 1570. The Kier molecular flexibility index (Phi) is 15.8. The number of unbranched alkanes of at least 4 members (excludes halogenated alkanes) is 1. The molecule has 11 heteroatoms. The molecule has 10 nitrogen and oxygen atoms in total. The number of hydrogen-bond donors (Lipinski definition) is 3. The molecule has 0 unspecified atom stereocenters. The summed E-state index contributed by atoms with van der Waals surface area (Å²) in [5.41, 5.74) is 6.65. The third kappa shape index (κ3) is 11.4. The SMILES string of the molecule is NCCOCCOCC(=O)NCCCC[C@H](NC(=O)OCc1ccccc1)C(=O)OC(c1ccccc1)(c1ccccc1)c1ccccc1Cl. The minimum Gasteiger partial charge on any atom is -0.445 e. The maximum Gasteiger partial charge on any atom is 0.408 e. The number of benzene rings is 4. The van der Waals surface area contributed by atoms with E-state index >= 15 is 0 Å². The van der Waals surface area contributed by atoms with Crippen molar-refractivity contribution in [3.8, 4) is 0 Å². The maximum absolute atomic E-state index is 14.3. The Hall–Kier alpha value is -4.74. The standard InChI is InChI=1S/C39H44ClN3O7/c40-34-21-11-10-20-33(34)39(31-16-6-2-7-17-31,32-18-8-3-9-19-32)50-37(45)35(43-38(46)49-28-30-14-4-1-5-15-30)22-12-13-24-42-36(44)29-48-27-26-47-25-23-41/h1-11,14-21,35H,12-13,22-29,41H2,(H,42,44)(H,43,46)/t35-/m0/s1. The topological polar surface area (TPSA) is 138 Å². The van der Waals surface area contributed by atoms with Crippen LogP contribution in [0.15, 0.2) is 115 Å². The predicted octanol–water partition coefficient (Wildman–Crippen LogP) is 5.75. The lowest BCUT2D eigenvalue weighted by Gasteiger charge is -2.37. The molecule has 0 radical (unpaired) electrons. The fraction of sp³-hybridized carbons (Fsp3) is 0.308. The first-order chi connectivity index (χ1) is 24.4. The second kappa shape index (κ2) is 20.7. The van der Waals surface area contributed by atoms with E-state index in [9.17, 15) is 14.4 Å². The lowest BCUT2D eigenvalue weighted by atomic mass is 9.80. The van der Waals surface area contributed by atoms with Crippen molar-refractivity contribution in [1.82, 2.24) is 10.6 Å². The van der Waals surface area contributed by atoms with Gasteiger partial charge in [0.05, 0.1) is 19.8 Å². The van der Waals surface area contributed by atoms with E-state index in [1.165, 1.54) is 0 Å². The van der Waals surface area contributed by atoms with Crippen molar-refractivity contribution in [3.63, 3.8) is 0 Å². The number of amides is 2. The molecule has 0 fully saturated rings. The summed E-state index contributed by atoms with van der Waals surface area (Å²) in [5, 5.41) is 5.94. The molecule has 0 saturated carbocycles. The summed E-state index contributed by atoms with van der Waals surface area (Å²) in [4.78, 5) is 39.6. The lowest BCUT2D eigenvalue weighted by molar-refractivity contribution is -0.156. The quantitative estimate of drug-likeness (QED) is 0.0602. The molecular weight excluding hydrogens is 658 g/mol. The fourth-order valence-electron chi connectivity index (χ4n) is 5.34. The Labute approximate surface area is 298 Å². The summed E-state index contributed by atoms with van der Waals surface area (Å²) in [5.74, 6) is -0.943. The monoisotopic (exact) mass is 701 g/mol. The molecule has 0 saturated heterocycles. The van der Waals surface area contributed by atoms with Crippen LogP contribution in [0, 0.1) is 0 Å². The number of rotatable bonds is 20. The highest BCUT2D eigenvalue weighted by molar-refractivity contribution is 6.31. The fourth-order valence-corrected chi connectivity index (χ4v) is 5.61. The largest absolute Gasteiger partial charge is 0.445 e. The number of esters is 1. The second-order valence-electron chi connectivity index (χ2n) is 11.4. The molecule has 50 heavy (non-hydrogen) atoms. The summed E-state index contributed by atoms with van der Waals surface area (Å²) in [6.07, 6.45) is 0.456.